The summed E-state index contributed by atoms with van der Waals surface area (Å²) in [6, 6.07) is 3.29. The number of hydrogen-bond acceptors (Lipinski definition) is 6. The summed E-state index contributed by atoms with van der Waals surface area (Å²) in [5.74, 6) is -0.177. The molecule has 144 valence electrons. The number of nitrogens with one attached hydrogen (secondary N) is 1. The molecule has 0 spiro atoms. The number of thiophene rings is 1. The first kappa shape index (κ1) is 20.8. The van der Waals surface area contributed by atoms with Crippen LogP contribution < -0.4 is 10.2 Å². The maximum Gasteiger partial charge on any atom is 0.307 e. The van der Waals surface area contributed by atoms with Gasteiger partial charge in [-0.05, 0) is 19.1 Å². The smallest absolute Gasteiger partial charge is 0.307 e. The molecule has 0 saturated carbocycles. The van der Waals surface area contributed by atoms with Gasteiger partial charge in [0.05, 0.1) is 6.54 Å². The molecule has 1 amide bonds. The van der Waals surface area contributed by atoms with Gasteiger partial charge in [0.2, 0.25) is 5.91 Å². The van der Waals surface area contributed by atoms with Gasteiger partial charge in [-0.2, -0.15) is 4.31 Å². The van der Waals surface area contributed by atoms with Gasteiger partial charge < -0.3 is 9.88 Å². The Morgan fingerprint density at radius 2 is 1.96 bits per heavy atom. The van der Waals surface area contributed by atoms with E-state index in [0.29, 0.717) is 19.6 Å². The summed E-state index contributed by atoms with van der Waals surface area (Å²) in [5, 5.41) is 4.54. The molecule has 2 aromatic rings. The van der Waals surface area contributed by atoms with Gasteiger partial charge in [-0.25, -0.2) is 8.42 Å². The van der Waals surface area contributed by atoms with Crippen molar-refractivity contribution in [1.29, 1.82) is 0 Å². The molecule has 7 nitrogen and oxygen atoms in total. The highest BCUT2D eigenvalue weighted by molar-refractivity contribution is 7.91. The molecule has 26 heavy (non-hydrogen) atoms. The second kappa shape index (κ2) is 8.94. The van der Waals surface area contributed by atoms with Crippen molar-refractivity contribution in [3.8, 4) is 0 Å². The number of thiazole rings is 1. The van der Waals surface area contributed by atoms with E-state index in [0.717, 1.165) is 33.2 Å². The number of carbonyl (C=O) groups excluding carboxylic acids is 1. The summed E-state index contributed by atoms with van der Waals surface area (Å²) in [7, 11) is -3.47. The molecule has 2 rings (SSSR count). The quantitative estimate of drug-likeness (QED) is 0.676. The summed E-state index contributed by atoms with van der Waals surface area (Å²) >= 11 is 2.28. The van der Waals surface area contributed by atoms with Crippen molar-refractivity contribution in [2.75, 3.05) is 13.1 Å². The maximum atomic E-state index is 12.5. The minimum absolute atomic E-state index is 0.0696. The van der Waals surface area contributed by atoms with E-state index in [1.165, 1.54) is 4.31 Å². The molecule has 10 heteroatoms. The number of nitrogens with zero attached hydrogens (tertiary/aromatic N) is 2. The maximum absolute atomic E-state index is 12.5. The molecule has 0 radical (unpaired) electrons. The number of amides is 1. The van der Waals surface area contributed by atoms with Crippen LogP contribution >= 0.6 is 22.7 Å². The second-order valence-corrected chi connectivity index (χ2v) is 9.79. The van der Waals surface area contributed by atoms with Crippen LogP contribution in [0.25, 0.3) is 0 Å². The normalized spacial score (nSPS) is 11.8. The van der Waals surface area contributed by atoms with Crippen LogP contribution in [0.4, 0.5) is 0 Å². The van der Waals surface area contributed by atoms with Crippen LogP contribution in [0.1, 0.15) is 30.8 Å². The lowest BCUT2D eigenvalue weighted by Crippen LogP contribution is -2.30. The van der Waals surface area contributed by atoms with Crippen molar-refractivity contribution >= 4 is 38.6 Å². The third-order valence-corrected chi connectivity index (χ3v) is 8.42. The van der Waals surface area contributed by atoms with E-state index in [9.17, 15) is 18.0 Å². The van der Waals surface area contributed by atoms with Gasteiger partial charge in [-0.1, -0.05) is 25.2 Å². The number of sulfonamides is 1. The Balaban J connectivity index is 1.91. The van der Waals surface area contributed by atoms with Crippen molar-refractivity contribution < 1.29 is 13.2 Å². The van der Waals surface area contributed by atoms with Crippen LogP contribution in [-0.2, 0) is 27.9 Å². The van der Waals surface area contributed by atoms with Gasteiger partial charge in [0, 0.05) is 42.0 Å². The number of aromatic nitrogens is 1. The van der Waals surface area contributed by atoms with E-state index in [1.54, 1.807) is 35.9 Å². The van der Waals surface area contributed by atoms with Crippen LogP contribution in [0.15, 0.2) is 26.5 Å². The first-order valence-corrected chi connectivity index (χ1v) is 11.4. The fraction of sp³-hybridized carbons (Fsp3) is 0.500. The zero-order valence-electron chi connectivity index (χ0n) is 15.0. The summed E-state index contributed by atoms with van der Waals surface area (Å²) in [6.45, 7) is 6.89. The van der Waals surface area contributed by atoms with Crippen LogP contribution in [-0.4, -0.2) is 36.3 Å². The highest BCUT2D eigenvalue weighted by Crippen LogP contribution is 2.24. The Kier molecular flexibility index (Phi) is 7.16. The van der Waals surface area contributed by atoms with Crippen LogP contribution in [0.3, 0.4) is 0 Å². The van der Waals surface area contributed by atoms with Crippen molar-refractivity contribution in [3.63, 3.8) is 0 Å². The molecular formula is C16H23N3O4S3. The second-order valence-electron chi connectivity index (χ2n) is 5.63. The standard InChI is InChI=1S/C16H23N3O4S3/c1-4-18(5-2)26(22,23)15-7-6-13(25-15)10-17-14(20)8-9-19-12(3)11-24-16(19)21/h6-7,11H,4-5,8-10H2,1-3H3,(H,17,20). The first-order valence-electron chi connectivity index (χ1n) is 8.30. The van der Waals surface area contributed by atoms with E-state index in [2.05, 4.69) is 5.32 Å². The Morgan fingerprint density at radius 1 is 1.27 bits per heavy atom. The summed E-state index contributed by atoms with van der Waals surface area (Å²) < 4.78 is 28.2. The van der Waals surface area contributed by atoms with E-state index >= 15 is 0 Å². The predicted octanol–water partition coefficient (Wildman–Crippen LogP) is 2.02. The lowest BCUT2D eigenvalue weighted by Gasteiger charge is -2.16. The largest absolute Gasteiger partial charge is 0.351 e. The third-order valence-electron chi connectivity index (χ3n) is 3.94. The van der Waals surface area contributed by atoms with Crippen molar-refractivity contribution in [3.05, 3.63) is 37.8 Å². The molecule has 0 bridgehead atoms. The van der Waals surface area contributed by atoms with Crippen molar-refractivity contribution in [2.24, 2.45) is 0 Å². The minimum Gasteiger partial charge on any atom is -0.351 e. The SMILES string of the molecule is CCN(CC)S(=O)(=O)c1ccc(CNC(=O)CCn2c(C)csc2=O)s1. The average Bonchev–Trinajstić information content (AvgIpc) is 3.20. The molecule has 0 aromatic carbocycles. The highest BCUT2D eigenvalue weighted by atomic mass is 32.2. The van der Waals surface area contributed by atoms with Gasteiger partial charge in [0.15, 0.2) is 0 Å². The molecule has 0 saturated heterocycles. The molecular weight excluding hydrogens is 394 g/mol. The van der Waals surface area contributed by atoms with E-state index < -0.39 is 10.0 Å². The topological polar surface area (TPSA) is 88.5 Å². The lowest BCUT2D eigenvalue weighted by atomic mass is 10.3. The fourth-order valence-corrected chi connectivity index (χ4v) is 6.11. The monoisotopic (exact) mass is 417 g/mol. The highest BCUT2D eigenvalue weighted by Gasteiger charge is 2.23. The van der Waals surface area contributed by atoms with Crippen molar-refractivity contribution in [1.82, 2.24) is 14.2 Å². The number of rotatable bonds is 9. The van der Waals surface area contributed by atoms with Crippen LogP contribution in [0.2, 0.25) is 0 Å². The molecule has 0 fully saturated rings. The third kappa shape index (κ3) is 4.81. The molecule has 0 unspecified atom stereocenters. The molecule has 0 aliphatic rings. The Morgan fingerprint density at radius 3 is 2.54 bits per heavy atom. The summed E-state index contributed by atoms with van der Waals surface area (Å²) in [5.41, 5.74) is 0.845. The zero-order chi connectivity index (χ0) is 19.3. The Labute approximate surface area is 161 Å². The number of carbonyl (C=O) groups is 1. The number of hydrogen-bond donors (Lipinski definition) is 1. The van der Waals surface area contributed by atoms with Gasteiger partial charge >= 0.3 is 4.87 Å². The van der Waals surface area contributed by atoms with E-state index in [1.807, 2.05) is 6.92 Å². The molecule has 0 aliphatic heterocycles. The average molecular weight is 418 g/mol. The van der Waals surface area contributed by atoms with Crippen molar-refractivity contribution in [2.45, 2.75) is 44.5 Å². The van der Waals surface area contributed by atoms with Gasteiger partial charge in [-0.15, -0.1) is 11.3 Å². The van der Waals surface area contributed by atoms with E-state index in [-0.39, 0.29) is 28.0 Å². The van der Waals surface area contributed by atoms with Gasteiger partial charge in [0.25, 0.3) is 10.0 Å². The first-order chi connectivity index (χ1) is 12.3. The molecule has 2 heterocycles. The summed E-state index contributed by atoms with van der Waals surface area (Å²) in [4.78, 5) is 24.3. The van der Waals surface area contributed by atoms with Gasteiger partial charge in [0.1, 0.15) is 4.21 Å². The molecule has 1 N–H and O–H groups in total. The lowest BCUT2D eigenvalue weighted by molar-refractivity contribution is -0.121. The molecule has 0 aliphatic carbocycles. The van der Waals surface area contributed by atoms with E-state index in [4.69, 9.17) is 0 Å². The van der Waals surface area contributed by atoms with Crippen LogP contribution in [0.5, 0.6) is 0 Å². The predicted molar refractivity (Wildman–Crippen MR) is 104 cm³/mol. The Bertz CT molecular complexity index is 907. The minimum atomic E-state index is -3.47. The van der Waals surface area contributed by atoms with Crippen LogP contribution in [0, 0.1) is 6.92 Å². The fourth-order valence-electron chi connectivity index (χ4n) is 2.44. The zero-order valence-corrected chi connectivity index (χ0v) is 17.5. The summed E-state index contributed by atoms with van der Waals surface area (Å²) in [6.07, 6.45) is 0.202. The van der Waals surface area contributed by atoms with Gasteiger partial charge in [-0.3, -0.25) is 9.59 Å². The molecule has 2 aromatic heterocycles. The number of aryl methyl sites for hydroxylation is 1. The Hall–Kier alpha value is -1.49. The molecule has 0 atom stereocenters.